The number of amides is 1. The van der Waals surface area contributed by atoms with E-state index >= 15 is 0 Å². The van der Waals surface area contributed by atoms with Gasteiger partial charge in [0, 0.05) is 19.3 Å². The highest BCUT2D eigenvalue weighted by atomic mass is 19.1. The molecule has 0 spiro atoms. The lowest BCUT2D eigenvalue weighted by atomic mass is 9.97. The zero-order chi connectivity index (χ0) is 22.4. The second-order valence-corrected chi connectivity index (χ2v) is 8.08. The highest BCUT2D eigenvalue weighted by molar-refractivity contribution is 5.95. The zero-order valence-corrected chi connectivity index (χ0v) is 18.3. The molecular formula is C26H29FN2O2. The maximum Gasteiger partial charge on any atom is 0.263 e. The Morgan fingerprint density at radius 2 is 1.81 bits per heavy atom. The molecule has 1 aromatic heterocycles. The molecule has 0 aliphatic carbocycles. The van der Waals surface area contributed by atoms with E-state index in [2.05, 4.69) is 38.2 Å². The van der Waals surface area contributed by atoms with Gasteiger partial charge >= 0.3 is 0 Å². The summed E-state index contributed by atoms with van der Waals surface area (Å²) in [5.41, 5.74) is 3.60. The number of halogens is 1. The van der Waals surface area contributed by atoms with Crippen LogP contribution in [0.15, 0.2) is 65.6 Å². The molecule has 0 unspecified atom stereocenters. The maximum absolute atomic E-state index is 13.1. The quantitative estimate of drug-likeness (QED) is 0.523. The van der Waals surface area contributed by atoms with E-state index in [0.29, 0.717) is 12.5 Å². The number of benzene rings is 2. The Morgan fingerprint density at radius 1 is 1.06 bits per heavy atom. The number of nitrogens with zero attached hydrogens (tertiary/aromatic N) is 1. The van der Waals surface area contributed by atoms with Gasteiger partial charge in [0.25, 0.3) is 11.5 Å². The van der Waals surface area contributed by atoms with Crippen molar-refractivity contribution in [3.05, 3.63) is 93.7 Å². The van der Waals surface area contributed by atoms with Crippen LogP contribution in [-0.4, -0.2) is 10.5 Å². The molecule has 3 rings (SSSR count). The average Bonchev–Trinajstić information content (AvgIpc) is 2.78. The van der Waals surface area contributed by atoms with E-state index in [9.17, 15) is 14.0 Å². The first-order valence-corrected chi connectivity index (χ1v) is 10.8. The second kappa shape index (κ2) is 10.2. The van der Waals surface area contributed by atoms with Gasteiger partial charge in [0.05, 0.1) is 0 Å². The molecule has 1 N–H and O–H groups in total. The molecule has 1 heterocycles. The van der Waals surface area contributed by atoms with Gasteiger partial charge in [0.2, 0.25) is 0 Å². The standard InChI is InChI=1S/C26H29FN2O2/c1-4-5-13-29-17-22(21-8-6-7-20(14-21)18(2)3)15-24(26(29)31)25(30)28-16-19-9-11-23(27)12-10-19/h6-12,14-15,17-18H,4-5,13,16H2,1-3H3,(H,28,30). The highest BCUT2D eigenvalue weighted by Gasteiger charge is 2.15. The third-order valence-electron chi connectivity index (χ3n) is 5.34. The Bertz CT molecular complexity index is 1100. The van der Waals surface area contributed by atoms with Crippen LogP contribution in [0.1, 0.15) is 61.0 Å². The maximum atomic E-state index is 13.1. The van der Waals surface area contributed by atoms with Crippen molar-refractivity contribution in [1.29, 1.82) is 0 Å². The van der Waals surface area contributed by atoms with Gasteiger partial charge in [-0.15, -0.1) is 0 Å². The summed E-state index contributed by atoms with van der Waals surface area (Å²) in [5, 5.41) is 2.79. The van der Waals surface area contributed by atoms with Gasteiger partial charge in [-0.3, -0.25) is 9.59 Å². The summed E-state index contributed by atoms with van der Waals surface area (Å²) in [4.78, 5) is 25.9. The lowest BCUT2D eigenvalue weighted by Gasteiger charge is -2.14. The van der Waals surface area contributed by atoms with E-state index < -0.39 is 5.91 Å². The monoisotopic (exact) mass is 420 g/mol. The number of carbonyl (C=O) groups excluding carboxylic acids is 1. The first-order chi connectivity index (χ1) is 14.9. The molecule has 3 aromatic rings. The number of nitrogens with one attached hydrogen (secondary N) is 1. The van der Waals surface area contributed by atoms with Crippen molar-refractivity contribution in [3.8, 4) is 11.1 Å². The van der Waals surface area contributed by atoms with Crippen LogP contribution in [0.25, 0.3) is 11.1 Å². The van der Waals surface area contributed by atoms with Crippen LogP contribution in [0.2, 0.25) is 0 Å². The van der Waals surface area contributed by atoms with Crippen molar-refractivity contribution in [2.45, 2.75) is 52.6 Å². The van der Waals surface area contributed by atoms with Crippen LogP contribution in [0, 0.1) is 5.82 Å². The normalized spacial score (nSPS) is 11.0. The Kier molecular flexibility index (Phi) is 7.40. The molecule has 0 radical (unpaired) electrons. The molecule has 0 atom stereocenters. The SMILES string of the molecule is CCCCn1cc(-c2cccc(C(C)C)c2)cc(C(=O)NCc2ccc(F)cc2)c1=O. The molecule has 0 bridgehead atoms. The largest absolute Gasteiger partial charge is 0.348 e. The Labute approximate surface area is 182 Å². The van der Waals surface area contributed by atoms with Gasteiger partial charge in [0.1, 0.15) is 11.4 Å². The number of aryl methyl sites for hydroxylation is 1. The Hall–Kier alpha value is -3.21. The molecule has 31 heavy (non-hydrogen) atoms. The molecule has 162 valence electrons. The molecule has 0 aliphatic rings. The number of hydrogen-bond acceptors (Lipinski definition) is 2. The molecule has 0 saturated carbocycles. The van der Waals surface area contributed by atoms with Crippen molar-refractivity contribution in [3.63, 3.8) is 0 Å². The fourth-order valence-electron chi connectivity index (χ4n) is 3.41. The number of unbranched alkanes of at least 4 members (excludes halogenated alkanes) is 1. The van der Waals surface area contributed by atoms with E-state index in [1.54, 1.807) is 22.8 Å². The third kappa shape index (κ3) is 5.69. The molecule has 0 fully saturated rings. The van der Waals surface area contributed by atoms with Gasteiger partial charge in [0.15, 0.2) is 0 Å². The summed E-state index contributed by atoms with van der Waals surface area (Å²) in [6.45, 7) is 7.12. The summed E-state index contributed by atoms with van der Waals surface area (Å²) in [7, 11) is 0. The molecule has 0 saturated heterocycles. The van der Waals surface area contributed by atoms with Gasteiger partial charge in [-0.2, -0.15) is 0 Å². The summed E-state index contributed by atoms with van der Waals surface area (Å²) in [6, 6.07) is 15.8. The van der Waals surface area contributed by atoms with E-state index in [0.717, 1.165) is 29.5 Å². The van der Waals surface area contributed by atoms with Crippen molar-refractivity contribution >= 4 is 5.91 Å². The minimum absolute atomic E-state index is 0.116. The Morgan fingerprint density at radius 3 is 2.48 bits per heavy atom. The van der Waals surface area contributed by atoms with Gasteiger partial charge in [-0.25, -0.2) is 4.39 Å². The second-order valence-electron chi connectivity index (χ2n) is 8.08. The predicted octanol–water partition coefficient (Wildman–Crippen LogP) is 5.51. The number of aromatic nitrogens is 1. The van der Waals surface area contributed by atoms with Crippen LogP contribution in [0.5, 0.6) is 0 Å². The van der Waals surface area contributed by atoms with Gasteiger partial charge in [-0.05, 0) is 52.8 Å². The van der Waals surface area contributed by atoms with Crippen LogP contribution < -0.4 is 10.9 Å². The average molecular weight is 421 g/mol. The predicted molar refractivity (Wildman–Crippen MR) is 123 cm³/mol. The van der Waals surface area contributed by atoms with E-state index in [4.69, 9.17) is 0 Å². The van der Waals surface area contributed by atoms with Crippen molar-refractivity contribution < 1.29 is 9.18 Å². The number of hydrogen-bond donors (Lipinski definition) is 1. The topological polar surface area (TPSA) is 51.1 Å². The van der Waals surface area contributed by atoms with Crippen LogP contribution in [-0.2, 0) is 13.1 Å². The molecule has 2 aromatic carbocycles. The lowest BCUT2D eigenvalue weighted by molar-refractivity contribution is 0.0949. The van der Waals surface area contributed by atoms with Crippen LogP contribution in [0.3, 0.4) is 0 Å². The summed E-state index contributed by atoms with van der Waals surface area (Å²) >= 11 is 0. The molecule has 1 amide bonds. The van der Waals surface area contributed by atoms with Gasteiger partial charge in [-0.1, -0.05) is 63.6 Å². The van der Waals surface area contributed by atoms with Crippen molar-refractivity contribution in [2.24, 2.45) is 0 Å². The van der Waals surface area contributed by atoms with E-state index in [-0.39, 0.29) is 23.5 Å². The first kappa shape index (κ1) is 22.5. The van der Waals surface area contributed by atoms with Crippen molar-refractivity contribution in [2.75, 3.05) is 0 Å². The van der Waals surface area contributed by atoms with E-state index in [1.165, 1.54) is 17.7 Å². The lowest BCUT2D eigenvalue weighted by Crippen LogP contribution is -2.33. The fraction of sp³-hybridized carbons (Fsp3) is 0.308. The fourth-order valence-corrected chi connectivity index (χ4v) is 3.41. The third-order valence-corrected chi connectivity index (χ3v) is 5.34. The first-order valence-electron chi connectivity index (χ1n) is 10.8. The van der Waals surface area contributed by atoms with Crippen LogP contribution in [0.4, 0.5) is 4.39 Å². The molecular weight excluding hydrogens is 391 g/mol. The zero-order valence-electron chi connectivity index (χ0n) is 18.3. The van der Waals surface area contributed by atoms with E-state index in [1.807, 2.05) is 18.3 Å². The molecule has 0 aliphatic heterocycles. The smallest absolute Gasteiger partial charge is 0.263 e. The van der Waals surface area contributed by atoms with Gasteiger partial charge < -0.3 is 9.88 Å². The summed E-state index contributed by atoms with van der Waals surface area (Å²) in [5.74, 6) is -0.379. The minimum Gasteiger partial charge on any atom is -0.348 e. The highest BCUT2D eigenvalue weighted by Crippen LogP contribution is 2.24. The summed E-state index contributed by atoms with van der Waals surface area (Å²) in [6.07, 6.45) is 3.64. The number of pyridine rings is 1. The Balaban J connectivity index is 1.95. The van der Waals surface area contributed by atoms with Crippen molar-refractivity contribution in [1.82, 2.24) is 9.88 Å². The summed E-state index contributed by atoms with van der Waals surface area (Å²) < 4.78 is 14.7. The van der Waals surface area contributed by atoms with Crippen LogP contribution >= 0.6 is 0 Å². The molecule has 4 nitrogen and oxygen atoms in total. The molecule has 5 heteroatoms. The number of rotatable bonds is 8. The minimum atomic E-state index is -0.429. The number of carbonyl (C=O) groups is 1.